The van der Waals surface area contributed by atoms with E-state index in [-0.39, 0.29) is 11.3 Å². The fourth-order valence-electron chi connectivity index (χ4n) is 1.44. The lowest BCUT2D eigenvalue weighted by Gasteiger charge is -2.06. The molecule has 1 N–H and O–H groups in total. The number of methoxy groups -OCH3 is 2. The molecule has 0 radical (unpaired) electrons. The largest absolute Gasteiger partial charge is 0.495 e. The molecule has 0 saturated heterocycles. The summed E-state index contributed by atoms with van der Waals surface area (Å²) in [7, 11) is 2.96. The Hall–Kier alpha value is -2.37. The summed E-state index contributed by atoms with van der Waals surface area (Å²) in [6, 6.07) is 1.73. The van der Waals surface area contributed by atoms with Gasteiger partial charge in [0.1, 0.15) is 11.4 Å². The normalized spacial score (nSPS) is 10.0. The zero-order valence-corrected chi connectivity index (χ0v) is 9.43. The first-order valence-electron chi connectivity index (χ1n) is 4.87. The minimum atomic E-state index is -0.333. The van der Waals surface area contributed by atoms with Gasteiger partial charge in [-0.1, -0.05) is 0 Å². The minimum Gasteiger partial charge on any atom is -0.495 e. The van der Waals surface area contributed by atoms with Crippen LogP contribution in [0.2, 0.25) is 0 Å². The number of hydrogen-bond donors (Lipinski definition) is 1. The summed E-state index contributed by atoms with van der Waals surface area (Å²) in [5.74, 6) is 0.745. The predicted molar refractivity (Wildman–Crippen MR) is 61.2 cm³/mol. The Morgan fingerprint density at radius 3 is 2.76 bits per heavy atom. The van der Waals surface area contributed by atoms with Gasteiger partial charge in [0.25, 0.3) is 5.56 Å². The number of H-pyrrole nitrogens is 1. The van der Waals surface area contributed by atoms with Gasteiger partial charge in [0.15, 0.2) is 0 Å². The molecule has 6 nitrogen and oxygen atoms in total. The molecule has 0 aromatic carbocycles. The Morgan fingerprint density at radius 1 is 1.24 bits per heavy atom. The van der Waals surface area contributed by atoms with Gasteiger partial charge in [-0.25, -0.2) is 4.98 Å². The standard InChI is InChI=1S/C11H11N3O3/c1-16-8-3-7(4-12-5-8)9-10(17-2)11(15)14-6-13-9/h3-6H,1-2H3,(H,13,14,15). The lowest BCUT2D eigenvalue weighted by molar-refractivity contribution is 0.407. The summed E-state index contributed by atoms with van der Waals surface area (Å²) in [6.07, 6.45) is 4.48. The van der Waals surface area contributed by atoms with E-state index in [1.807, 2.05) is 0 Å². The molecule has 2 rings (SSSR count). The van der Waals surface area contributed by atoms with E-state index in [1.54, 1.807) is 25.6 Å². The van der Waals surface area contributed by atoms with Crippen molar-refractivity contribution >= 4 is 0 Å². The molecule has 2 aromatic rings. The molecule has 2 heterocycles. The molecule has 0 aliphatic heterocycles. The number of aromatic nitrogens is 3. The maximum atomic E-state index is 11.5. The first-order valence-corrected chi connectivity index (χ1v) is 4.87. The first kappa shape index (κ1) is 11.1. The van der Waals surface area contributed by atoms with Gasteiger partial charge in [-0.2, -0.15) is 0 Å². The van der Waals surface area contributed by atoms with E-state index in [2.05, 4.69) is 15.0 Å². The Morgan fingerprint density at radius 2 is 2.06 bits per heavy atom. The molecule has 0 amide bonds. The molecule has 0 fully saturated rings. The quantitative estimate of drug-likeness (QED) is 0.850. The van der Waals surface area contributed by atoms with Crippen molar-refractivity contribution < 1.29 is 9.47 Å². The Bertz CT molecular complexity index is 580. The number of nitrogens with one attached hydrogen (secondary N) is 1. The maximum Gasteiger partial charge on any atom is 0.293 e. The minimum absolute atomic E-state index is 0.155. The molecule has 0 atom stereocenters. The van der Waals surface area contributed by atoms with Gasteiger partial charge < -0.3 is 14.5 Å². The van der Waals surface area contributed by atoms with E-state index in [0.717, 1.165) is 0 Å². The highest BCUT2D eigenvalue weighted by atomic mass is 16.5. The summed E-state index contributed by atoms with van der Waals surface area (Å²) in [4.78, 5) is 22.1. The average Bonchev–Trinajstić information content (AvgIpc) is 2.38. The lowest BCUT2D eigenvalue weighted by Crippen LogP contribution is -2.11. The third-order valence-corrected chi connectivity index (χ3v) is 2.24. The van der Waals surface area contributed by atoms with Gasteiger partial charge in [-0.15, -0.1) is 0 Å². The summed E-state index contributed by atoms with van der Waals surface area (Å²) in [5, 5.41) is 0. The third-order valence-electron chi connectivity index (χ3n) is 2.24. The van der Waals surface area contributed by atoms with Crippen LogP contribution < -0.4 is 15.0 Å². The molecule has 0 aliphatic rings. The SMILES string of the molecule is COc1cncc(-c2nc[nH]c(=O)c2OC)c1. The van der Waals surface area contributed by atoms with Crippen molar-refractivity contribution in [3.63, 3.8) is 0 Å². The van der Waals surface area contributed by atoms with Crippen molar-refractivity contribution in [1.29, 1.82) is 0 Å². The second-order valence-corrected chi connectivity index (χ2v) is 3.23. The monoisotopic (exact) mass is 233 g/mol. The van der Waals surface area contributed by atoms with Crippen LogP contribution in [0.15, 0.2) is 29.6 Å². The van der Waals surface area contributed by atoms with Crippen LogP contribution in [0.25, 0.3) is 11.3 Å². The van der Waals surface area contributed by atoms with Gasteiger partial charge >= 0.3 is 0 Å². The lowest BCUT2D eigenvalue weighted by atomic mass is 10.2. The number of ether oxygens (including phenoxy) is 2. The number of nitrogens with zero attached hydrogens (tertiary/aromatic N) is 2. The topological polar surface area (TPSA) is 77.1 Å². The fraction of sp³-hybridized carbons (Fsp3) is 0.182. The predicted octanol–water partition coefficient (Wildman–Crippen LogP) is 0.849. The van der Waals surface area contributed by atoms with Crippen LogP contribution >= 0.6 is 0 Å². The van der Waals surface area contributed by atoms with Crippen molar-refractivity contribution in [3.8, 4) is 22.8 Å². The summed E-state index contributed by atoms with van der Waals surface area (Å²) in [6.45, 7) is 0. The molecule has 6 heteroatoms. The highest BCUT2D eigenvalue weighted by Gasteiger charge is 2.12. The van der Waals surface area contributed by atoms with Crippen LogP contribution in [0.4, 0.5) is 0 Å². The van der Waals surface area contributed by atoms with Crippen molar-refractivity contribution in [2.24, 2.45) is 0 Å². The van der Waals surface area contributed by atoms with Gasteiger partial charge in [-0.3, -0.25) is 9.78 Å². The third kappa shape index (κ3) is 2.10. The highest BCUT2D eigenvalue weighted by molar-refractivity contribution is 5.65. The molecule has 88 valence electrons. The molecule has 0 saturated carbocycles. The second-order valence-electron chi connectivity index (χ2n) is 3.23. The van der Waals surface area contributed by atoms with E-state index in [4.69, 9.17) is 9.47 Å². The fourth-order valence-corrected chi connectivity index (χ4v) is 1.44. The molecule has 17 heavy (non-hydrogen) atoms. The maximum absolute atomic E-state index is 11.5. The first-order chi connectivity index (χ1) is 8.26. The number of aromatic amines is 1. The van der Waals surface area contributed by atoms with E-state index in [9.17, 15) is 4.79 Å². The van der Waals surface area contributed by atoms with Crippen molar-refractivity contribution in [3.05, 3.63) is 35.1 Å². The number of pyridine rings is 1. The average molecular weight is 233 g/mol. The van der Waals surface area contributed by atoms with Gasteiger partial charge in [0, 0.05) is 11.8 Å². The van der Waals surface area contributed by atoms with Crippen molar-refractivity contribution in [1.82, 2.24) is 15.0 Å². The van der Waals surface area contributed by atoms with Crippen LogP contribution in [0, 0.1) is 0 Å². The van der Waals surface area contributed by atoms with E-state index in [0.29, 0.717) is 17.0 Å². The smallest absolute Gasteiger partial charge is 0.293 e. The van der Waals surface area contributed by atoms with E-state index >= 15 is 0 Å². The Balaban J connectivity index is 2.59. The van der Waals surface area contributed by atoms with E-state index < -0.39 is 0 Å². The highest BCUT2D eigenvalue weighted by Crippen LogP contribution is 2.25. The van der Waals surface area contributed by atoms with Crippen molar-refractivity contribution in [2.75, 3.05) is 14.2 Å². The second kappa shape index (κ2) is 4.65. The Kier molecular flexibility index (Phi) is 3.04. The van der Waals surface area contributed by atoms with Crippen LogP contribution in [0.3, 0.4) is 0 Å². The molecule has 2 aromatic heterocycles. The van der Waals surface area contributed by atoms with Gasteiger partial charge in [-0.05, 0) is 6.07 Å². The van der Waals surface area contributed by atoms with Gasteiger partial charge in [0.05, 0.1) is 26.7 Å². The molecule has 0 bridgehead atoms. The summed E-state index contributed by atoms with van der Waals surface area (Å²) >= 11 is 0. The van der Waals surface area contributed by atoms with Crippen LogP contribution in [-0.2, 0) is 0 Å². The molecule has 0 spiro atoms. The van der Waals surface area contributed by atoms with Crippen LogP contribution in [0.1, 0.15) is 0 Å². The van der Waals surface area contributed by atoms with E-state index in [1.165, 1.54) is 13.4 Å². The zero-order valence-electron chi connectivity index (χ0n) is 9.43. The number of rotatable bonds is 3. The zero-order chi connectivity index (χ0) is 12.3. The molecular weight excluding hydrogens is 222 g/mol. The van der Waals surface area contributed by atoms with Crippen LogP contribution in [-0.4, -0.2) is 29.2 Å². The Labute approximate surface area is 97.3 Å². The molecular formula is C11H11N3O3. The molecule has 0 aliphatic carbocycles. The summed E-state index contributed by atoms with van der Waals surface area (Å²) in [5.41, 5.74) is 0.760. The van der Waals surface area contributed by atoms with Crippen LogP contribution in [0.5, 0.6) is 11.5 Å². The van der Waals surface area contributed by atoms with Gasteiger partial charge in [0.2, 0.25) is 5.75 Å². The van der Waals surface area contributed by atoms with Crippen molar-refractivity contribution in [2.45, 2.75) is 0 Å². The molecule has 0 unspecified atom stereocenters. The summed E-state index contributed by atoms with van der Waals surface area (Å²) < 4.78 is 10.1. The number of hydrogen-bond acceptors (Lipinski definition) is 5.